The highest BCUT2D eigenvalue weighted by Gasteiger charge is 2.42. The molecule has 6 nitrogen and oxygen atoms in total. The number of phenols is 1. The highest BCUT2D eigenvalue weighted by molar-refractivity contribution is 6.31. The zero-order valence-electron chi connectivity index (χ0n) is 18.0. The zero-order chi connectivity index (χ0) is 22.6. The number of amides is 1. The molecule has 32 heavy (non-hydrogen) atoms. The summed E-state index contributed by atoms with van der Waals surface area (Å²) in [6.45, 7) is 3.25. The summed E-state index contributed by atoms with van der Waals surface area (Å²) in [6, 6.07) is 15.3. The molecule has 1 fully saturated rings. The lowest BCUT2D eigenvalue weighted by atomic mass is 9.83. The van der Waals surface area contributed by atoms with Crippen molar-refractivity contribution in [2.24, 2.45) is 5.92 Å². The largest absolute Gasteiger partial charge is 0.508 e. The van der Waals surface area contributed by atoms with Crippen molar-refractivity contribution in [3.8, 4) is 11.8 Å². The molecule has 0 aliphatic carbocycles. The summed E-state index contributed by atoms with van der Waals surface area (Å²) in [7, 11) is 0. The summed E-state index contributed by atoms with van der Waals surface area (Å²) in [5.74, 6) is -0.300. The van der Waals surface area contributed by atoms with Crippen LogP contribution in [0, 0.1) is 17.2 Å². The molecule has 2 aromatic carbocycles. The molecule has 0 aromatic heterocycles. The molecule has 1 amide bonds. The van der Waals surface area contributed by atoms with Gasteiger partial charge in [0, 0.05) is 31.2 Å². The Hall–Kier alpha value is -2.59. The monoisotopic (exact) mass is 453 g/mol. The van der Waals surface area contributed by atoms with Crippen molar-refractivity contribution in [2.45, 2.75) is 37.9 Å². The first kappa shape index (κ1) is 22.6. The van der Waals surface area contributed by atoms with E-state index in [2.05, 4.69) is 40.6 Å². The third-order valence-electron chi connectivity index (χ3n) is 6.56. The van der Waals surface area contributed by atoms with Gasteiger partial charge in [-0.25, -0.2) is 0 Å². The van der Waals surface area contributed by atoms with Crippen molar-refractivity contribution < 1.29 is 14.6 Å². The molecule has 1 spiro atoms. The quantitative estimate of drug-likeness (QED) is 0.623. The maximum Gasteiger partial charge on any atom is 0.224 e. The van der Waals surface area contributed by atoms with Gasteiger partial charge in [-0.1, -0.05) is 35.9 Å². The Morgan fingerprint density at radius 3 is 2.84 bits per heavy atom. The van der Waals surface area contributed by atoms with Gasteiger partial charge in [-0.15, -0.1) is 0 Å². The standard InChI is InChI=1S/C25H28ClN3O3/c26-23-7-6-21(30)15-19(23)14-20(24(31)28-11-3-10-27)16-29-12-8-25(9-13-29)22-5-2-1-4-18(22)17-32-25/h1-2,4-7,15,20,30H,3,8-9,11-14,16-17H2,(H,28,31). The lowest BCUT2D eigenvalue weighted by Gasteiger charge is -2.40. The van der Waals surface area contributed by atoms with Crippen molar-refractivity contribution in [2.75, 3.05) is 26.2 Å². The smallest absolute Gasteiger partial charge is 0.224 e. The number of nitrogens with zero attached hydrogens (tertiary/aromatic N) is 2. The number of benzene rings is 2. The Kier molecular flexibility index (Phi) is 7.00. The molecule has 1 unspecified atom stereocenters. The van der Waals surface area contributed by atoms with Crippen molar-refractivity contribution in [3.05, 3.63) is 64.2 Å². The molecule has 2 N–H and O–H groups in total. The third-order valence-corrected chi connectivity index (χ3v) is 6.93. The molecule has 0 saturated carbocycles. The number of carbonyl (C=O) groups excluding carboxylic acids is 1. The molecule has 0 bridgehead atoms. The van der Waals surface area contributed by atoms with Gasteiger partial charge in [-0.3, -0.25) is 4.79 Å². The van der Waals surface area contributed by atoms with Gasteiger partial charge in [0.15, 0.2) is 0 Å². The molecule has 1 atom stereocenters. The number of hydrogen-bond donors (Lipinski definition) is 2. The molecule has 1 saturated heterocycles. The van der Waals surface area contributed by atoms with E-state index in [1.807, 2.05) is 0 Å². The summed E-state index contributed by atoms with van der Waals surface area (Å²) in [5.41, 5.74) is 3.10. The Morgan fingerprint density at radius 2 is 2.06 bits per heavy atom. The third kappa shape index (κ3) is 4.91. The van der Waals surface area contributed by atoms with Crippen molar-refractivity contribution >= 4 is 17.5 Å². The molecular formula is C25H28ClN3O3. The van der Waals surface area contributed by atoms with Crippen LogP contribution in [-0.4, -0.2) is 42.1 Å². The van der Waals surface area contributed by atoms with Gasteiger partial charge in [0.1, 0.15) is 5.75 Å². The lowest BCUT2D eigenvalue weighted by Crippen LogP contribution is -2.47. The molecule has 0 radical (unpaired) electrons. The van der Waals surface area contributed by atoms with Gasteiger partial charge < -0.3 is 20.1 Å². The number of likely N-dealkylation sites (tertiary alicyclic amines) is 1. The number of ether oxygens (including phenoxy) is 1. The fourth-order valence-electron chi connectivity index (χ4n) is 4.82. The first-order valence-corrected chi connectivity index (χ1v) is 11.5. The van der Waals surface area contributed by atoms with Crippen molar-refractivity contribution in [3.63, 3.8) is 0 Å². The normalized spacial score (nSPS) is 18.1. The SMILES string of the molecule is N#CCCNC(=O)C(Cc1cc(O)ccc1Cl)CN1CCC2(CC1)OCc1ccccc12. The maximum atomic E-state index is 12.9. The molecule has 4 rings (SSSR count). The number of aromatic hydroxyl groups is 1. The van der Waals surface area contributed by atoms with Crippen LogP contribution in [-0.2, 0) is 28.2 Å². The molecule has 168 valence electrons. The Bertz CT molecular complexity index is 1010. The van der Waals surface area contributed by atoms with E-state index in [0.29, 0.717) is 31.1 Å². The van der Waals surface area contributed by atoms with Crippen LogP contribution >= 0.6 is 11.6 Å². The molecular weight excluding hydrogens is 426 g/mol. The van der Waals surface area contributed by atoms with E-state index < -0.39 is 0 Å². The second-order valence-electron chi connectivity index (χ2n) is 8.62. The number of fused-ring (bicyclic) bond motifs is 2. The number of carbonyl (C=O) groups is 1. The second kappa shape index (κ2) is 9.91. The predicted octanol–water partition coefficient (Wildman–Crippen LogP) is 3.76. The maximum absolute atomic E-state index is 12.9. The second-order valence-corrected chi connectivity index (χ2v) is 9.02. The molecule has 2 heterocycles. The summed E-state index contributed by atoms with van der Waals surface area (Å²) >= 11 is 6.33. The predicted molar refractivity (Wildman–Crippen MR) is 122 cm³/mol. The lowest BCUT2D eigenvalue weighted by molar-refractivity contribution is -0.126. The van der Waals surface area contributed by atoms with E-state index >= 15 is 0 Å². The summed E-state index contributed by atoms with van der Waals surface area (Å²) in [4.78, 5) is 15.2. The van der Waals surface area contributed by atoms with Gasteiger partial charge in [0.2, 0.25) is 5.91 Å². The summed E-state index contributed by atoms with van der Waals surface area (Å²) in [5, 5.41) is 22.1. The van der Waals surface area contributed by atoms with Crippen LogP contribution in [0.5, 0.6) is 5.75 Å². The van der Waals surface area contributed by atoms with E-state index in [1.165, 1.54) is 17.2 Å². The van der Waals surface area contributed by atoms with E-state index in [0.717, 1.165) is 31.5 Å². The minimum absolute atomic E-state index is 0.0950. The van der Waals surface area contributed by atoms with E-state index in [-0.39, 0.29) is 29.6 Å². The number of phenolic OH excluding ortho intramolecular Hbond substituents is 1. The van der Waals surface area contributed by atoms with Crippen LogP contribution < -0.4 is 5.32 Å². The summed E-state index contributed by atoms with van der Waals surface area (Å²) in [6.07, 6.45) is 2.47. The van der Waals surface area contributed by atoms with Gasteiger partial charge in [-0.05, 0) is 54.2 Å². The molecule has 7 heteroatoms. The summed E-state index contributed by atoms with van der Waals surface area (Å²) < 4.78 is 6.26. The van der Waals surface area contributed by atoms with Gasteiger partial charge >= 0.3 is 0 Å². The zero-order valence-corrected chi connectivity index (χ0v) is 18.8. The Labute approximate surface area is 193 Å². The fraction of sp³-hybridized carbons (Fsp3) is 0.440. The van der Waals surface area contributed by atoms with Crippen LogP contribution in [0.4, 0.5) is 0 Å². The fourth-order valence-corrected chi connectivity index (χ4v) is 5.01. The Balaban J connectivity index is 1.44. The van der Waals surface area contributed by atoms with Crippen LogP contribution in [0.25, 0.3) is 0 Å². The highest BCUT2D eigenvalue weighted by atomic mass is 35.5. The first-order chi connectivity index (χ1) is 15.5. The topological polar surface area (TPSA) is 85.6 Å². The number of halogens is 1. The van der Waals surface area contributed by atoms with Crippen LogP contribution in [0.1, 0.15) is 36.0 Å². The average Bonchev–Trinajstić information content (AvgIpc) is 3.15. The van der Waals surface area contributed by atoms with Crippen molar-refractivity contribution in [1.82, 2.24) is 10.2 Å². The van der Waals surface area contributed by atoms with E-state index in [4.69, 9.17) is 21.6 Å². The Morgan fingerprint density at radius 1 is 1.28 bits per heavy atom. The van der Waals surface area contributed by atoms with Gasteiger partial charge in [-0.2, -0.15) is 5.26 Å². The molecule has 2 aliphatic rings. The minimum atomic E-state index is -0.334. The van der Waals surface area contributed by atoms with Gasteiger partial charge in [0.25, 0.3) is 0 Å². The van der Waals surface area contributed by atoms with Crippen LogP contribution in [0.3, 0.4) is 0 Å². The van der Waals surface area contributed by atoms with E-state index in [9.17, 15) is 9.90 Å². The van der Waals surface area contributed by atoms with Crippen LogP contribution in [0.2, 0.25) is 5.02 Å². The van der Waals surface area contributed by atoms with Crippen molar-refractivity contribution in [1.29, 1.82) is 5.26 Å². The first-order valence-electron chi connectivity index (χ1n) is 11.1. The van der Waals surface area contributed by atoms with Gasteiger partial charge in [0.05, 0.1) is 30.6 Å². The number of rotatable bonds is 7. The van der Waals surface area contributed by atoms with E-state index in [1.54, 1.807) is 12.1 Å². The molecule has 2 aliphatic heterocycles. The molecule has 2 aromatic rings. The average molecular weight is 454 g/mol. The number of hydrogen-bond acceptors (Lipinski definition) is 5. The number of nitrogens with one attached hydrogen (secondary N) is 1. The highest BCUT2D eigenvalue weighted by Crippen LogP contribution is 2.44. The number of piperidine rings is 1. The minimum Gasteiger partial charge on any atom is -0.508 e. The van der Waals surface area contributed by atoms with Crippen LogP contribution in [0.15, 0.2) is 42.5 Å². The number of nitriles is 1.